The zero-order valence-corrected chi connectivity index (χ0v) is 11.6. The molecule has 1 rings (SSSR count). The highest BCUT2D eigenvalue weighted by Gasteiger charge is 2.27. The van der Waals surface area contributed by atoms with Gasteiger partial charge in [-0.1, -0.05) is 31.5 Å². The van der Waals surface area contributed by atoms with E-state index in [2.05, 4.69) is 15.9 Å². The van der Waals surface area contributed by atoms with Crippen LogP contribution in [0, 0.1) is 5.41 Å². The summed E-state index contributed by atoms with van der Waals surface area (Å²) in [5.41, 5.74) is 0.0347. The Balaban J connectivity index is 3.08. The van der Waals surface area contributed by atoms with E-state index in [9.17, 15) is 4.79 Å². The first kappa shape index (κ1) is 13.0. The van der Waals surface area contributed by atoms with E-state index in [4.69, 9.17) is 23.2 Å². The molecule has 0 saturated heterocycles. The standard InChI is InChI=1S/C11H11BrCl2O/c1-11(2,6-13)10(15)7-3-4-8(12)9(14)5-7/h3-5H,6H2,1-2H3. The maximum absolute atomic E-state index is 12.0. The van der Waals surface area contributed by atoms with Crippen LogP contribution in [-0.2, 0) is 0 Å². The summed E-state index contributed by atoms with van der Waals surface area (Å²) in [6, 6.07) is 5.16. The van der Waals surface area contributed by atoms with E-state index in [0.717, 1.165) is 4.47 Å². The summed E-state index contributed by atoms with van der Waals surface area (Å²) in [5.74, 6) is 0.298. The van der Waals surface area contributed by atoms with Gasteiger partial charge in [0.2, 0.25) is 0 Å². The molecule has 0 N–H and O–H groups in total. The van der Waals surface area contributed by atoms with Crippen molar-refractivity contribution in [2.45, 2.75) is 13.8 Å². The maximum atomic E-state index is 12.0. The number of carbonyl (C=O) groups excluding carboxylic acids is 1. The third kappa shape index (κ3) is 2.96. The van der Waals surface area contributed by atoms with Crippen molar-refractivity contribution in [2.24, 2.45) is 5.41 Å². The number of alkyl halides is 1. The molecule has 0 aliphatic heterocycles. The quantitative estimate of drug-likeness (QED) is 0.591. The summed E-state index contributed by atoms with van der Waals surface area (Å²) in [6.07, 6.45) is 0. The third-order valence-electron chi connectivity index (χ3n) is 2.13. The number of Topliss-reactive ketones (excluding diaryl/α,β-unsaturated/α-hetero) is 1. The number of benzene rings is 1. The van der Waals surface area contributed by atoms with Crippen LogP contribution in [0.2, 0.25) is 5.02 Å². The molecule has 0 unspecified atom stereocenters. The van der Waals surface area contributed by atoms with Crippen LogP contribution in [0.1, 0.15) is 24.2 Å². The molecule has 1 nitrogen and oxygen atoms in total. The van der Waals surface area contributed by atoms with E-state index in [1.165, 1.54) is 0 Å². The number of ketones is 1. The van der Waals surface area contributed by atoms with Crippen LogP contribution in [0.25, 0.3) is 0 Å². The van der Waals surface area contributed by atoms with Gasteiger partial charge in [0.05, 0.1) is 5.02 Å². The molecule has 1 aromatic rings. The Labute approximate surface area is 108 Å². The van der Waals surface area contributed by atoms with Crippen molar-refractivity contribution in [2.75, 3.05) is 5.88 Å². The molecule has 1 aromatic carbocycles. The second-order valence-electron chi connectivity index (χ2n) is 3.98. The van der Waals surface area contributed by atoms with Crippen LogP contribution in [0.15, 0.2) is 22.7 Å². The van der Waals surface area contributed by atoms with E-state index in [1.54, 1.807) is 18.2 Å². The van der Waals surface area contributed by atoms with Gasteiger partial charge >= 0.3 is 0 Å². The lowest BCUT2D eigenvalue weighted by Crippen LogP contribution is -2.26. The molecule has 0 atom stereocenters. The summed E-state index contributed by atoms with van der Waals surface area (Å²) < 4.78 is 0.782. The molecule has 0 aliphatic carbocycles. The molecule has 0 bridgehead atoms. The molecule has 0 aliphatic rings. The summed E-state index contributed by atoms with van der Waals surface area (Å²) in [4.78, 5) is 12.0. The molecule has 0 aromatic heterocycles. The van der Waals surface area contributed by atoms with E-state index in [0.29, 0.717) is 16.5 Å². The molecule has 0 amide bonds. The highest BCUT2D eigenvalue weighted by molar-refractivity contribution is 9.10. The second kappa shape index (κ2) is 4.86. The third-order valence-corrected chi connectivity index (χ3v) is 4.03. The fourth-order valence-corrected chi connectivity index (χ4v) is 1.64. The summed E-state index contributed by atoms with van der Waals surface area (Å²) in [7, 11) is 0. The Morgan fingerprint density at radius 2 is 2.07 bits per heavy atom. The Morgan fingerprint density at radius 1 is 1.47 bits per heavy atom. The summed E-state index contributed by atoms with van der Waals surface area (Å²) in [6.45, 7) is 3.64. The van der Waals surface area contributed by atoms with E-state index in [1.807, 2.05) is 13.8 Å². The predicted octanol–water partition coefficient (Wildman–Crippen LogP) is 4.55. The Morgan fingerprint density at radius 3 is 2.53 bits per heavy atom. The molecule has 0 saturated carbocycles. The van der Waals surface area contributed by atoms with E-state index < -0.39 is 5.41 Å². The van der Waals surface area contributed by atoms with Crippen molar-refractivity contribution < 1.29 is 4.79 Å². The normalized spacial score (nSPS) is 11.5. The molecule has 0 radical (unpaired) electrons. The molecule has 4 heteroatoms. The smallest absolute Gasteiger partial charge is 0.169 e. The highest BCUT2D eigenvalue weighted by Crippen LogP contribution is 2.28. The first-order valence-electron chi connectivity index (χ1n) is 4.44. The number of halogens is 3. The SMILES string of the molecule is CC(C)(CCl)C(=O)c1ccc(Br)c(Cl)c1. The molecule has 0 fully saturated rings. The monoisotopic (exact) mass is 308 g/mol. The van der Waals surface area contributed by atoms with Crippen molar-refractivity contribution in [3.63, 3.8) is 0 Å². The molecule has 0 heterocycles. The van der Waals surface area contributed by atoms with Gasteiger partial charge in [-0.15, -0.1) is 11.6 Å². The van der Waals surface area contributed by atoms with Gasteiger partial charge in [0.1, 0.15) is 0 Å². The Bertz CT molecular complexity index is 388. The Hall–Kier alpha value is -0.0500. The summed E-state index contributed by atoms with van der Waals surface area (Å²) in [5, 5.41) is 0.534. The zero-order valence-electron chi connectivity index (χ0n) is 8.48. The number of hydrogen-bond donors (Lipinski definition) is 0. The lowest BCUT2D eigenvalue weighted by molar-refractivity contribution is 0.0862. The van der Waals surface area contributed by atoms with Crippen LogP contribution in [0.5, 0.6) is 0 Å². The zero-order chi connectivity index (χ0) is 11.6. The first-order valence-corrected chi connectivity index (χ1v) is 6.15. The molecule has 0 spiro atoms. The molecular formula is C11H11BrCl2O. The van der Waals surface area contributed by atoms with Gasteiger partial charge in [0.15, 0.2) is 5.78 Å². The topological polar surface area (TPSA) is 17.1 Å². The number of hydrogen-bond acceptors (Lipinski definition) is 1. The lowest BCUT2D eigenvalue weighted by atomic mass is 9.86. The van der Waals surface area contributed by atoms with Crippen molar-refractivity contribution >= 4 is 44.9 Å². The van der Waals surface area contributed by atoms with Crippen molar-refractivity contribution in [1.29, 1.82) is 0 Å². The minimum Gasteiger partial charge on any atom is -0.294 e. The van der Waals surface area contributed by atoms with E-state index >= 15 is 0 Å². The van der Waals surface area contributed by atoms with Crippen molar-refractivity contribution in [1.82, 2.24) is 0 Å². The number of rotatable bonds is 3. The number of carbonyl (C=O) groups is 1. The maximum Gasteiger partial charge on any atom is 0.169 e. The van der Waals surface area contributed by atoms with Crippen molar-refractivity contribution in [3.8, 4) is 0 Å². The van der Waals surface area contributed by atoms with Crippen LogP contribution in [-0.4, -0.2) is 11.7 Å². The van der Waals surface area contributed by atoms with Gasteiger partial charge in [-0.3, -0.25) is 4.79 Å². The average molecular weight is 310 g/mol. The van der Waals surface area contributed by atoms with E-state index in [-0.39, 0.29) is 5.78 Å². The van der Waals surface area contributed by atoms with Gasteiger partial charge in [-0.25, -0.2) is 0 Å². The minimum absolute atomic E-state index is 0.00639. The van der Waals surface area contributed by atoms with Crippen LogP contribution >= 0.6 is 39.1 Å². The van der Waals surface area contributed by atoms with Gasteiger partial charge in [0.25, 0.3) is 0 Å². The van der Waals surface area contributed by atoms with Gasteiger partial charge in [0, 0.05) is 21.3 Å². The lowest BCUT2D eigenvalue weighted by Gasteiger charge is -2.19. The Kier molecular flexibility index (Phi) is 4.21. The fourth-order valence-electron chi connectivity index (χ4n) is 1.09. The predicted molar refractivity (Wildman–Crippen MR) is 68.0 cm³/mol. The molecule has 82 valence electrons. The first-order chi connectivity index (χ1) is 6.88. The second-order valence-corrected chi connectivity index (χ2v) is 5.50. The van der Waals surface area contributed by atoms with Crippen LogP contribution < -0.4 is 0 Å². The van der Waals surface area contributed by atoms with Crippen molar-refractivity contribution in [3.05, 3.63) is 33.3 Å². The average Bonchev–Trinajstić information content (AvgIpc) is 2.21. The fraction of sp³-hybridized carbons (Fsp3) is 0.364. The summed E-state index contributed by atoms with van der Waals surface area (Å²) >= 11 is 14.9. The minimum atomic E-state index is -0.557. The van der Waals surface area contributed by atoms with Gasteiger partial charge < -0.3 is 0 Å². The molecular weight excluding hydrogens is 299 g/mol. The van der Waals surface area contributed by atoms with Crippen LogP contribution in [0.3, 0.4) is 0 Å². The molecule has 15 heavy (non-hydrogen) atoms. The highest BCUT2D eigenvalue weighted by atomic mass is 79.9. The van der Waals surface area contributed by atoms with Gasteiger partial charge in [-0.2, -0.15) is 0 Å². The van der Waals surface area contributed by atoms with Crippen LogP contribution in [0.4, 0.5) is 0 Å². The van der Waals surface area contributed by atoms with Gasteiger partial charge in [-0.05, 0) is 28.1 Å². The largest absolute Gasteiger partial charge is 0.294 e.